The number of nitriles is 1. The molecule has 1 aliphatic rings. The molecule has 1 saturated heterocycles. The zero-order chi connectivity index (χ0) is 13.9. The molecular weight excluding hydrogens is 316 g/mol. The number of hydrogen-bond donors (Lipinski definition) is 1. The maximum absolute atomic E-state index is 9.30. The van der Waals surface area contributed by atoms with Crippen LogP contribution in [0.2, 0.25) is 0 Å². The standard InChI is InChI=1S/C15H15BrN4/c16-13-2-1-12(8-17)14(7-13)20-10-19-9-15(20)11-3-5-18-6-4-11/h1-2,7,9-11,18H,3-6H2. The summed E-state index contributed by atoms with van der Waals surface area (Å²) in [5, 5.41) is 12.7. The van der Waals surface area contributed by atoms with Gasteiger partial charge in [0.2, 0.25) is 0 Å². The molecule has 0 aliphatic carbocycles. The lowest BCUT2D eigenvalue weighted by atomic mass is 9.94. The molecule has 3 rings (SSSR count). The molecule has 1 aliphatic heterocycles. The molecule has 0 radical (unpaired) electrons. The fourth-order valence-electron chi connectivity index (χ4n) is 2.72. The van der Waals surface area contributed by atoms with Crippen molar-refractivity contribution in [1.82, 2.24) is 14.9 Å². The van der Waals surface area contributed by atoms with Crippen LogP contribution in [0, 0.1) is 11.3 Å². The molecule has 20 heavy (non-hydrogen) atoms. The molecular formula is C15H15BrN4. The van der Waals surface area contributed by atoms with E-state index in [1.54, 1.807) is 6.33 Å². The van der Waals surface area contributed by atoms with Crippen LogP contribution in [0.1, 0.15) is 30.0 Å². The van der Waals surface area contributed by atoms with Gasteiger partial charge < -0.3 is 9.88 Å². The highest BCUT2D eigenvalue weighted by Gasteiger charge is 2.20. The van der Waals surface area contributed by atoms with Crippen LogP contribution in [0.15, 0.2) is 35.2 Å². The number of halogens is 1. The number of imidazole rings is 1. The van der Waals surface area contributed by atoms with Crippen LogP contribution in [0.4, 0.5) is 0 Å². The van der Waals surface area contributed by atoms with Crippen LogP contribution in [0.5, 0.6) is 0 Å². The Balaban J connectivity index is 2.05. The summed E-state index contributed by atoms with van der Waals surface area (Å²) >= 11 is 3.48. The van der Waals surface area contributed by atoms with Crippen molar-refractivity contribution in [3.8, 4) is 11.8 Å². The van der Waals surface area contributed by atoms with Crippen molar-refractivity contribution in [2.45, 2.75) is 18.8 Å². The quantitative estimate of drug-likeness (QED) is 0.920. The van der Waals surface area contributed by atoms with E-state index >= 15 is 0 Å². The van der Waals surface area contributed by atoms with E-state index in [0.717, 1.165) is 36.1 Å². The minimum absolute atomic E-state index is 0.504. The van der Waals surface area contributed by atoms with Gasteiger partial charge in [-0.25, -0.2) is 4.98 Å². The zero-order valence-electron chi connectivity index (χ0n) is 11.0. The summed E-state index contributed by atoms with van der Waals surface area (Å²) in [5.41, 5.74) is 2.76. The molecule has 0 spiro atoms. The van der Waals surface area contributed by atoms with E-state index < -0.39 is 0 Å². The third kappa shape index (κ3) is 2.49. The number of nitrogens with one attached hydrogen (secondary N) is 1. The normalized spacial score (nSPS) is 16.0. The first-order valence-corrected chi connectivity index (χ1v) is 7.52. The number of hydrogen-bond acceptors (Lipinski definition) is 3. The lowest BCUT2D eigenvalue weighted by Gasteiger charge is -2.24. The van der Waals surface area contributed by atoms with Gasteiger partial charge in [-0.15, -0.1) is 0 Å². The highest BCUT2D eigenvalue weighted by Crippen LogP contribution is 2.29. The van der Waals surface area contributed by atoms with Gasteiger partial charge in [-0.2, -0.15) is 5.26 Å². The topological polar surface area (TPSA) is 53.6 Å². The van der Waals surface area contributed by atoms with Crippen molar-refractivity contribution >= 4 is 15.9 Å². The monoisotopic (exact) mass is 330 g/mol. The third-order valence-electron chi connectivity index (χ3n) is 3.76. The Morgan fingerprint density at radius 3 is 2.90 bits per heavy atom. The lowest BCUT2D eigenvalue weighted by Crippen LogP contribution is -2.27. The van der Waals surface area contributed by atoms with Crippen molar-refractivity contribution in [2.24, 2.45) is 0 Å². The first kappa shape index (κ1) is 13.3. The molecule has 102 valence electrons. The molecule has 0 bridgehead atoms. The van der Waals surface area contributed by atoms with Crippen molar-refractivity contribution in [2.75, 3.05) is 13.1 Å². The highest BCUT2D eigenvalue weighted by atomic mass is 79.9. The van der Waals surface area contributed by atoms with E-state index in [-0.39, 0.29) is 0 Å². The highest BCUT2D eigenvalue weighted by molar-refractivity contribution is 9.10. The number of aromatic nitrogens is 2. The van der Waals surface area contributed by atoms with E-state index in [1.165, 1.54) is 5.69 Å². The molecule has 0 saturated carbocycles. The van der Waals surface area contributed by atoms with Gasteiger partial charge in [0.15, 0.2) is 0 Å². The van der Waals surface area contributed by atoms with Crippen LogP contribution >= 0.6 is 15.9 Å². The van der Waals surface area contributed by atoms with Crippen molar-refractivity contribution in [3.05, 3.63) is 46.5 Å². The van der Waals surface area contributed by atoms with Crippen LogP contribution in [0.3, 0.4) is 0 Å². The summed E-state index contributed by atoms with van der Waals surface area (Å²) in [5.74, 6) is 0.504. The molecule has 1 aromatic carbocycles. The second-order valence-electron chi connectivity index (χ2n) is 4.99. The Hall–Kier alpha value is -1.64. The summed E-state index contributed by atoms with van der Waals surface area (Å²) in [6.07, 6.45) is 5.96. The average Bonchev–Trinajstić information content (AvgIpc) is 2.97. The van der Waals surface area contributed by atoms with Crippen LogP contribution < -0.4 is 5.32 Å². The molecule has 0 amide bonds. The summed E-state index contributed by atoms with van der Waals surface area (Å²) in [6, 6.07) is 7.97. The SMILES string of the molecule is N#Cc1ccc(Br)cc1-n1cncc1C1CCNCC1. The van der Waals surface area contributed by atoms with Gasteiger partial charge in [0.05, 0.1) is 17.6 Å². The Morgan fingerprint density at radius 2 is 2.15 bits per heavy atom. The summed E-state index contributed by atoms with van der Waals surface area (Å²) < 4.78 is 3.02. The second kappa shape index (κ2) is 5.78. The fourth-order valence-corrected chi connectivity index (χ4v) is 3.07. The van der Waals surface area contributed by atoms with Gasteiger partial charge in [0.25, 0.3) is 0 Å². The van der Waals surface area contributed by atoms with Crippen molar-refractivity contribution in [3.63, 3.8) is 0 Å². The minimum atomic E-state index is 0.504. The largest absolute Gasteiger partial charge is 0.317 e. The van der Waals surface area contributed by atoms with E-state index in [0.29, 0.717) is 11.5 Å². The molecule has 2 heterocycles. The average molecular weight is 331 g/mol. The Kier molecular flexibility index (Phi) is 3.86. The molecule has 0 unspecified atom stereocenters. The first-order chi connectivity index (χ1) is 9.79. The molecule has 1 aromatic heterocycles. The predicted molar refractivity (Wildman–Crippen MR) is 80.8 cm³/mol. The lowest BCUT2D eigenvalue weighted by molar-refractivity contribution is 0.449. The van der Waals surface area contributed by atoms with Gasteiger partial charge in [-0.05, 0) is 44.1 Å². The number of benzene rings is 1. The zero-order valence-corrected chi connectivity index (χ0v) is 12.6. The van der Waals surface area contributed by atoms with Crippen molar-refractivity contribution < 1.29 is 0 Å². The predicted octanol–water partition coefficient (Wildman–Crippen LogP) is 2.97. The Labute approximate surface area is 126 Å². The van der Waals surface area contributed by atoms with Gasteiger partial charge >= 0.3 is 0 Å². The first-order valence-electron chi connectivity index (χ1n) is 6.72. The number of rotatable bonds is 2. The Morgan fingerprint density at radius 1 is 1.35 bits per heavy atom. The molecule has 1 fully saturated rings. The van der Waals surface area contributed by atoms with E-state index in [2.05, 4.69) is 36.9 Å². The maximum atomic E-state index is 9.30. The van der Waals surface area contributed by atoms with Gasteiger partial charge in [0, 0.05) is 22.3 Å². The van der Waals surface area contributed by atoms with E-state index in [9.17, 15) is 5.26 Å². The third-order valence-corrected chi connectivity index (χ3v) is 4.26. The van der Waals surface area contributed by atoms with Crippen LogP contribution in [-0.2, 0) is 0 Å². The fraction of sp³-hybridized carbons (Fsp3) is 0.333. The van der Waals surface area contributed by atoms with Crippen molar-refractivity contribution in [1.29, 1.82) is 5.26 Å². The van der Waals surface area contributed by atoms with Crippen LogP contribution in [-0.4, -0.2) is 22.6 Å². The summed E-state index contributed by atoms with van der Waals surface area (Å²) in [6.45, 7) is 2.08. The van der Waals surface area contributed by atoms with Gasteiger partial charge in [0.1, 0.15) is 6.07 Å². The molecule has 0 atom stereocenters. The molecule has 1 N–H and O–H groups in total. The molecule has 5 heteroatoms. The van der Waals surface area contributed by atoms with Gasteiger partial charge in [-0.1, -0.05) is 15.9 Å². The molecule has 2 aromatic rings. The molecule has 4 nitrogen and oxygen atoms in total. The minimum Gasteiger partial charge on any atom is -0.317 e. The number of piperidine rings is 1. The Bertz CT molecular complexity index is 650. The van der Waals surface area contributed by atoms with E-state index in [4.69, 9.17) is 0 Å². The summed E-state index contributed by atoms with van der Waals surface area (Å²) in [7, 11) is 0. The van der Waals surface area contributed by atoms with E-state index in [1.807, 2.05) is 24.4 Å². The maximum Gasteiger partial charge on any atom is 0.101 e. The summed E-state index contributed by atoms with van der Waals surface area (Å²) in [4.78, 5) is 4.30. The smallest absolute Gasteiger partial charge is 0.101 e. The number of nitrogens with zero attached hydrogens (tertiary/aromatic N) is 3. The van der Waals surface area contributed by atoms with Crippen LogP contribution in [0.25, 0.3) is 5.69 Å². The van der Waals surface area contributed by atoms with Gasteiger partial charge in [-0.3, -0.25) is 0 Å². The second-order valence-corrected chi connectivity index (χ2v) is 5.90.